The average molecular weight is 188 g/mol. The third kappa shape index (κ3) is 2.20. The molecule has 2 heterocycles. The molecule has 0 radical (unpaired) electrons. The summed E-state index contributed by atoms with van der Waals surface area (Å²) in [5.74, 6) is 0.802. The van der Waals surface area contributed by atoms with Crippen molar-refractivity contribution >= 4 is 0 Å². The monoisotopic (exact) mass is 188 g/mol. The van der Waals surface area contributed by atoms with E-state index in [2.05, 4.69) is 9.97 Å². The van der Waals surface area contributed by atoms with Gasteiger partial charge in [0.2, 0.25) is 0 Å². The van der Waals surface area contributed by atoms with E-state index in [1.165, 1.54) is 0 Å². The fourth-order valence-electron chi connectivity index (χ4n) is 0.878. The van der Waals surface area contributed by atoms with Crippen molar-refractivity contribution in [2.75, 3.05) is 0 Å². The summed E-state index contributed by atoms with van der Waals surface area (Å²) in [7, 11) is 0. The largest absolute Gasteiger partial charge is 0.269 e. The van der Waals surface area contributed by atoms with Crippen LogP contribution in [0.5, 0.6) is 11.8 Å². The summed E-state index contributed by atoms with van der Waals surface area (Å²) in [5.41, 5.74) is 0. The topological polar surface area (TPSA) is 44.2 Å². The molecule has 0 aliphatic carbocycles. The molecule has 0 aliphatic rings. The third-order valence-electron chi connectivity index (χ3n) is 1.49. The zero-order valence-corrected chi connectivity index (χ0v) is 7.33. The van der Waals surface area contributed by atoms with Gasteiger partial charge in [0.15, 0.2) is 0 Å². The molecule has 2 aromatic rings. The van der Waals surface area contributed by atoms with E-state index in [4.69, 9.17) is 9.78 Å². The molecule has 0 saturated heterocycles. The van der Waals surface area contributed by atoms with Crippen LogP contribution in [0, 0.1) is 0 Å². The molecule has 2 rings (SSSR count). The van der Waals surface area contributed by atoms with Gasteiger partial charge in [-0.1, -0.05) is 12.1 Å². The Balaban J connectivity index is 1.96. The van der Waals surface area contributed by atoms with Crippen LogP contribution in [0.3, 0.4) is 0 Å². The summed E-state index contributed by atoms with van der Waals surface area (Å²) >= 11 is 0. The first-order chi connectivity index (χ1) is 6.95. The van der Waals surface area contributed by atoms with Crippen molar-refractivity contribution < 1.29 is 9.78 Å². The first-order valence-corrected chi connectivity index (χ1v) is 4.12. The van der Waals surface area contributed by atoms with Crippen molar-refractivity contribution in [2.24, 2.45) is 0 Å². The van der Waals surface area contributed by atoms with Crippen LogP contribution >= 0.6 is 0 Å². The minimum atomic E-state index is 0.401. The lowest BCUT2D eigenvalue weighted by atomic mass is 10.5. The van der Waals surface area contributed by atoms with Crippen LogP contribution in [-0.2, 0) is 0 Å². The van der Waals surface area contributed by atoms with Crippen molar-refractivity contribution in [3.63, 3.8) is 0 Å². The highest BCUT2D eigenvalue weighted by Crippen LogP contribution is 2.08. The molecule has 0 bridgehead atoms. The van der Waals surface area contributed by atoms with Gasteiger partial charge in [-0.25, -0.2) is 9.97 Å². The first kappa shape index (κ1) is 8.50. The SMILES string of the molecule is c1ccc(OOc2ccccn2)nc1. The molecule has 0 unspecified atom stereocenters. The smallest absolute Gasteiger partial charge is 0.267 e. The average Bonchev–Trinajstić information content (AvgIpc) is 2.29. The van der Waals surface area contributed by atoms with E-state index in [9.17, 15) is 0 Å². The molecular weight excluding hydrogens is 180 g/mol. The Hall–Kier alpha value is -2.10. The Labute approximate surface area is 81.1 Å². The molecule has 0 fully saturated rings. The number of hydrogen-bond donors (Lipinski definition) is 0. The molecule has 0 N–H and O–H groups in total. The summed E-state index contributed by atoms with van der Waals surface area (Å²) in [6.45, 7) is 0. The van der Waals surface area contributed by atoms with Gasteiger partial charge in [-0.3, -0.25) is 9.78 Å². The van der Waals surface area contributed by atoms with Gasteiger partial charge in [-0.2, -0.15) is 0 Å². The van der Waals surface area contributed by atoms with Crippen molar-refractivity contribution in [1.29, 1.82) is 0 Å². The minimum absolute atomic E-state index is 0.401. The van der Waals surface area contributed by atoms with E-state index in [-0.39, 0.29) is 0 Å². The summed E-state index contributed by atoms with van der Waals surface area (Å²) in [4.78, 5) is 17.7. The lowest BCUT2D eigenvalue weighted by molar-refractivity contribution is -0.108. The Bertz CT molecular complexity index is 338. The molecule has 0 amide bonds. The second-order valence-corrected chi connectivity index (χ2v) is 2.50. The normalized spacial score (nSPS) is 9.43. The quantitative estimate of drug-likeness (QED) is 0.544. The maximum atomic E-state index is 4.92. The fourth-order valence-corrected chi connectivity index (χ4v) is 0.878. The third-order valence-corrected chi connectivity index (χ3v) is 1.49. The van der Waals surface area contributed by atoms with Crippen molar-refractivity contribution in [3.05, 3.63) is 48.8 Å². The molecule has 0 aromatic carbocycles. The van der Waals surface area contributed by atoms with Crippen LogP contribution in [-0.4, -0.2) is 9.97 Å². The van der Waals surface area contributed by atoms with Gasteiger partial charge in [0.05, 0.1) is 0 Å². The Morgan fingerprint density at radius 2 is 1.21 bits per heavy atom. The van der Waals surface area contributed by atoms with Gasteiger partial charge >= 0.3 is 0 Å². The minimum Gasteiger partial charge on any atom is -0.267 e. The molecule has 4 nitrogen and oxygen atoms in total. The predicted octanol–water partition coefficient (Wildman–Crippen LogP) is 1.85. The van der Waals surface area contributed by atoms with Crippen LogP contribution in [0.4, 0.5) is 0 Å². The van der Waals surface area contributed by atoms with Crippen LogP contribution in [0.1, 0.15) is 0 Å². The van der Waals surface area contributed by atoms with Gasteiger partial charge in [0.1, 0.15) is 0 Å². The molecule has 14 heavy (non-hydrogen) atoms. The van der Waals surface area contributed by atoms with E-state index in [1.807, 2.05) is 12.1 Å². The predicted molar refractivity (Wildman–Crippen MR) is 49.7 cm³/mol. The van der Waals surface area contributed by atoms with Crippen molar-refractivity contribution in [2.45, 2.75) is 0 Å². The summed E-state index contributed by atoms with van der Waals surface area (Å²) < 4.78 is 0. The molecule has 0 saturated carbocycles. The van der Waals surface area contributed by atoms with Gasteiger partial charge < -0.3 is 0 Å². The molecule has 0 aliphatic heterocycles. The lowest BCUT2D eigenvalue weighted by Crippen LogP contribution is -2.02. The number of nitrogens with zero attached hydrogens (tertiary/aromatic N) is 2. The standard InChI is InChI=1S/C10H8N2O2/c1-3-7-11-9(5-1)13-14-10-6-2-4-8-12-10/h1-8H. The lowest BCUT2D eigenvalue weighted by Gasteiger charge is -2.02. The molecule has 4 heteroatoms. The Kier molecular flexibility index (Phi) is 2.56. The highest BCUT2D eigenvalue weighted by atomic mass is 17.2. The van der Waals surface area contributed by atoms with Crippen molar-refractivity contribution in [3.8, 4) is 11.8 Å². The van der Waals surface area contributed by atoms with Crippen LogP contribution < -0.4 is 9.78 Å². The van der Waals surface area contributed by atoms with Crippen molar-refractivity contribution in [1.82, 2.24) is 9.97 Å². The maximum Gasteiger partial charge on any atom is 0.269 e. The van der Waals surface area contributed by atoms with E-state index in [0.29, 0.717) is 11.8 Å². The Morgan fingerprint density at radius 3 is 1.57 bits per heavy atom. The molecule has 0 spiro atoms. The fraction of sp³-hybridized carbons (Fsp3) is 0. The van der Waals surface area contributed by atoms with E-state index in [0.717, 1.165) is 0 Å². The number of pyridine rings is 2. The maximum absolute atomic E-state index is 4.92. The summed E-state index contributed by atoms with van der Waals surface area (Å²) in [6.07, 6.45) is 3.24. The molecule has 70 valence electrons. The zero-order chi connectivity index (χ0) is 9.64. The number of aromatic nitrogens is 2. The van der Waals surface area contributed by atoms with Gasteiger partial charge in [-0.05, 0) is 12.1 Å². The van der Waals surface area contributed by atoms with Gasteiger partial charge in [0, 0.05) is 24.5 Å². The molecule has 0 atom stereocenters. The first-order valence-electron chi connectivity index (χ1n) is 4.12. The van der Waals surface area contributed by atoms with Crippen LogP contribution in [0.15, 0.2) is 48.8 Å². The summed E-state index contributed by atoms with van der Waals surface area (Å²) in [5, 5.41) is 0. The molecule has 2 aromatic heterocycles. The highest BCUT2D eigenvalue weighted by Gasteiger charge is 1.96. The second kappa shape index (κ2) is 4.23. The number of rotatable bonds is 3. The Morgan fingerprint density at radius 1 is 0.714 bits per heavy atom. The van der Waals surface area contributed by atoms with Crippen LogP contribution in [0.25, 0.3) is 0 Å². The zero-order valence-electron chi connectivity index (χ0n) is 7.33. The number of hydrogen-bond acceptors (Lipinski definition) is 4. The summed E-state index contributed by atoms with van der Waals surface area (Å²) in [6, 6.07) is 10.6. The van der Waals surface area contributed by atoms with Gasteiger partial charge in [0.25, 0.3) is 11.8 Å². The highest BCUT2D eigenvalue weighted by molar-refractivity contribution is 5.11. The van der Waals surface area contributed by atoms with E-state index < -0.39 is 0 Å². The van der Waals surface area contributed by atoms with E-state index >= 15 is 0 Å². The second-order valence-electron chi connectivity index (χ2n) is 2.50. The van der Waals surface area contributed by atoms with Gasteiger partial charge in [-0.15, -0.1) is 0 Å². The van der Waals surface area contributed by atoms with Crippen LogP contribution in [0.2, 0.25) is 0 Å². The van der Waals surface area contributed by atoms with E-state index in [1.54, 1.807) is 36.7 Å². The molecular formula is C10H8N2O2.